The number of nitrogens with two attached hydrogens (primary N) is 1. The lowest BCUT2D eigenvalue weighted by Gasteiger charge is -2.28. The van der Waals surface area contributed by atoms with E-state index in [0.717, 1.165) is 25.7 Å². The Kier molecular flexibility index (Phi) is 5.14. The summed E-state index contributed by atoms with van der Waals surface area (Å²) in [5.41, 5.74) is 5.77. The van der Waals surface area contributed by atoms with Crippen molar-refractivity contribution in [3.63, 3.8) is 0 Å². The van der Waals surface area contributed by atoms with Gasteiger partial charge in [0.05, 0.1) is 6.61 Å². The Morgan fingerprint density at radius 3 is 2.71 bits per heavy atom. The fourth-order valence-corrected chi connectivity index (χ4v) is 2.61. The standard InChI is InChI=1S/C15H21N3O3/c1-2-21-15(20)12-4-3-9-17-14(12)18-11-7-5-10(6-8-11)13(16)19/h3-4,9-11H,2,5-8H2,1H3,(H2,16,19)(H,17,18). The molecule has 1 aliphatic rings. The van der Waals surface area contributed by atoms with Crippen molar-refractivity contribution in [3.05, 3.63) is 23.9 Å². The molecule has 0 bridgehead atoms. The Bertz CT molecular complexity index is 511. The van der Waals surface area contributed by atoms with Gasteiger partial charge >= 0.3 is 5.97 Å². The zero-order valence-corrected chi connectivity index (χ0v) is 12.2. The number of amides is 1. The van der Waals surface area contributed by atoms with E-state index in [1.807, 2.05) is 0 Å². The molecule has 0 aliphatic heterocycles. The van der Waals surface area contributed by atoms with Gasteiger partial charge in [-0.2, -0.15) is 0 Å². The zero-order valence-electron chi connectivity index (χ0n) is 12.2. The molecule has 1 amide bonds. The molecule has 1 fully saturated rings. The van der Waals surface area contributed by atoms with Gasteiger partial charge in [-0.15, -0.1) is 0 Å². The maximum atomic E-state index is 11.9. The summed E-state index contributed by atoms with van der Waals surface area (Å²) in [5, 5.41) is 3.28. The highest BCUT2D eigenvalue weighted by atomic mass is 16.5. The number of aromatic nitrogens is 1. The van der Waals surface area contributed by atoms with E-state index >= 15 is 0 Å². The molecule has 6 nitrogen and oxygen atoms in total. The molecule has 1 aliphatic carbocycles. The van der Waals surface area contributed by atoms with Crippen molar-refractivity contribution in [3.8, 4) is 0 Å². The van der Waals surface area contributed by atoms with Crippen LogP contribution in [0.25, 0.3) is 0 Å². The summed E-state index contributed by atoms with van der Waals surface area (Å²) in [6, 6.07) is 3.60. The van der Waals surface area contributed by atoms with Crippen molar-refractivity contribution in [1.82, 2.24) is 4.98 Å². The molecular formula is C15H21N3O3. The Balaban J connectivity index is 2.01. The van der Waals surface area contributed by atoms with E-state index in [2.05, 4.69) is 10.3 Å². The van der Waals surface area contributed by atoms with E-state index < -0.39 is 0 Å². The van der Waals surface area contributed by atoms with E-state index in [1.165, 1.54) is 0 Å². The minimum absolute atomic E-state index is 0.0312. The predicted octanol–water partition coefficient (Wildman–Crippen LogP) is 1.71. The van der Waals surface area contributed by atoms with Crippen LogP contribution in [0.15, 0.2) is 18.3 Å². The van der Waals surface area contributed by atoms with Crippen LogP contribution in [0.2, 0.25) is 0 Å². The maximum absolute atomic E-state index is 11.9. The number of anilines is 1. The number of rotatable bonds is 5. The largest absolute Gasteiger partial charge is 0.462 e. The number of esters is 1. The second-order valence-electron chi connectivity index (χ2n) is 5.22. The van der Waals surface area contributed by atoms with Gasteiger partial charge in [-0.3, -0.25) is 4.79 Å². The summed E-state index contributed by atoms with van der Waals surface area (Å²) in [4.78, 5) is 27.3. The van der Waals surface area contributed by atoms with Crippen LogP contribution in [-0.4, -0.2) is 29.5 Å². The number of nitrogens with one attached hydrogen (secondary N) is 1. The first-order valence-corrected chi connectivity index (χ1v) is 7.29. The average Bonchev–Trinajstić information content (AvgIpc) is 2.48. The number of pyridine rings is 1. The molecule has 1 aromatic heterocycles. The normalized spacial score (nSPS) is 21.6. The molecule has 21 heavy (non-hydrogen) atoms. The molecule has 1 heterocycles. The third kappa shape index (κ3) is 3.93. The number of carbonyl (C=O) groups is 2. The predicted molar refractivity (Wildman–Crippen MR) is 78.8 cm³/mol. The second kappa shape index (κ2) is 7.06. The maximum Gasteiger partial charge on any atom is 0.341 e. The lowest BCUT2D eigenvalue weighted by atomic mass is 9.85. The highest BCUT2D eigenvalue weighted by Crippen LogP contribution is 2.26. The monoisotopic (exact) mass is 291 g/mol. The number of hydrogen-bond acceptors (Lipinski definition) is 5. The van der Waals surface area contributed by atoms with Gasteiger partial charge in [0.15, 0.2) is 0 Å². The van der Waals surface area contributed by atoms with Gasteiger partial charge in [0, 0.05) is 18.2 Å². The number of primary amides is 1. The molecule has 3 N–H and O–H groups in total. The summed E-state index contributed by atoms with van der Waals surface area (Å²) < 4.78 is 5.03. The number of ether oxygens (including phenoxy) is 1. The third-order valence-electron chi connectivity index (χ3n) is 3.77. The first-order valence-electron chi connectivity index (χ1n) is 7.29. The minimum Gasteiger partial charge on any atom is -0.462 e. The van der Waals surface area contributed by atoms with E-state index in [9.17, 15) is 9.59 Å². The Hall–Kier alpha value is -2.11. The highest BCUT2D eigenvalue weighted by molar-refractivity contribution is 5.94. The molecule has 1 saturated carbocycles. The van der Waals surface area contributed by atoms with Gasteiger partial charge in [-0.05, 0) is 44.7 Å². The van der Waals surface area contributed by atoms with Crippen LogP contribution >= 0.6 is 0 Å². The summed E-state index contributed by atoms with van der Waals surface area (Å²) >= 11 is 0. The molecule has 0 saturated heterocycles. The average molecular weight is 291 g/mol. The van der Waals surface area contributed by atoms with Crippen LogP contribution in [-0.2, 0) is 9.53 Å². The lowest BCUT2D eigenvalue weighted by molar-refractivity contribution is -0.122. The van der Waals surface area contributed by atoms with E-state index in [-0.39, 0.29) is 23.8 Å². The van der Waals surface area contributed by atoms with Gasteiger partial charge in [-0.1, -0.05) is 0 Å². The smallest absolute Gasteiger partial charge is 0.341 e. The molecule has 0 radical (unpaired) electrons. The molecule has 2 rings (SSSR count). The fraction of sp³-hybridized carbons (Fsp3) is 0.533. The van der Waals surface area contributed by atoms with E-state index in [0.29, 0.717) is 18.0 Å². The van der Waals surface area contributed by atoms with Crippen LogP contribution in [0.3, 0.4) is 0 Å². The molecule has 0 spiro atoms. The molecule has 6 heteroatoms. The first kappa shape index (κ1) is 15.3. The Morgan fingerprint density at radius 1 is 1.38 bits per heavy atom. The van der Waals surface area contributed by atoms with Gasteiger partial charge in [0.1, 0.15) is 11.4 Å². The van der Waals surface area contributed by atoms with Crippen molar-refractivity contribution < 1.29 is 14.3 Å². The van der Waals surface area contributed by atoms with Crippen LogP contribution in [0.5, 0.6) is 0 Å². The summed E-state index contributed by atoms with van der Waals surface area (Å²) in [5.74, 6) is -0.0906. The minimum atomic E-state index is -0.376. The van der Waals surface area contributed by atoms with Crippen molar-refractivity contribution in [2.45, 2.75) is 38.6 Å². The van der Waals surface area contributed by atoms with Crippen LogP contribution < -0.4 is 11.1 Å². The molecular weight excluding hydrogens is 270 g/mol. The molecule has 0 atom stereocenters. The lowest BCUT2D eigenvalue weighted by Crippen LogP contribution is -2.33. The first-order chi connectivity index (χ1) is 10.1. The third-order valence-corrected chi connectivity index (χ3v) is 3.77. The quantitative estimate of drug-likeness (QED) is 0.805. The van der Waals surface area contributed by atoms with Crippen molar-refractivity contribution in [2.75, 3.05) is 11.9 Å². The highest BCUT2D eigenvalue weighted by Gasteiger charge is 2.25. The Labute approximate surface area is 124 Å². The second-order valence-corrected chi connectivity index (χ2v) is 5.22. The van der Waals surface area contributed by atoms with Crippen molar-refractivity contribution in [2.24, 2.45) is 11.7 Å². The number of nitrogens with zero attached hydrogens (tertiary/aromatic N) is 1. The SMILES string of the molecule is CCOC(=O)c1cccnc1NC1CCC(C(N)=O)CC1. The van der Waals surface area contributed by atoms with Crippen LogP contribution in [0, 0.1) is 5.92 Å². The van der Waals surface area contributed by atoms with E-state index in [4.69, 9.17) is 10.5 Å². The molecule has 0 aromatic carbocycles. The van der Waals surface area contributed by atoms with Crippen LogP contribution in [0.1, 0.15) is 43.0 Å². The van der Waals surface area contributed by atoms with Crippen molar-refractivity contribution >= 4 is 17.7 Å². The summed E-state index contributed by atoms with van der Waals surface area (Å²) in [6.07, 6.45) is 4.86. The van der Waals surface area contributed by atoms with Crippen molar-refractivity contribution in [1.29, 1.82) is 0 Å². The van der Waals surface area contributed by atoms with Gasteiger partial charge in [0.2, 0.25) is 5.91 Å². The molecule has 1 aromatic rings. The Morgan fingerprint density at radius 2 is 2.10 bits per heavy atom. The number of hydrogen-bond donors (Lipinski definition) is 2. The topological polar surface area (TPSA) is 94.3 Å². The summed E-state index contributed by atoms with van der Waals surface area (Å²) in [6.45, 7) is 2.10. The number of carbonyl (C=O) groups excluding carboxylic acids is 2. The fourth-order valence-electron chi connectivity index (χ4n) is 2.61. The molecule has 0 unspecified atom stereocenters. The van der Waals surface area contributed by atoms with Gasteiger partial charge in [0.25, 0.3) is 0 Å². The van der Waals surface area contributed by atoms with E-state index in [1.54, 1.807) is 25.3 Å². The zero-order chi connectivity index (χ0) is 15.2. The van der Waals surface area contributed by atoms with Gasteiger partial charge in [-0.25, -0.2) is 9.78 Å². The van der Waals surface area contributed by atoms with Crippen LogP contribution in [0.4, 0.5) is 5.82 Å². The van der Waals surface area contributed by atoms with Gasteiger partial charge < -0.3 is 15.8 Å². The summed E-state index contributed by atoms with van der Waals surface area (Å²) in [7, 11) is 0. The molecule has 114 valence electrons.